The van der Waals surface area contributed by atoms with E-state index in [1.807, 2.05) is 20.8 Å². The van der Waals surface area contributed by atoms with Gasteiger partial charge in [0.25, 0.3) is 0 Å². The van der Waals surface area contributed by atoms with Gasteiger partial charge in [0.05, 0.1) is 0 Å². The van der Waals surface area contributed by atoms with E-state index in [4.69, 9.17) is 0 Å². The van der Waals surface area contributed by atoms with Gasteiger partial charge in [-0.05, 0) is 19.3 Å². The number of nitrogens with one attached hydrogen (secondary N) is 1. The van der Waals surface area contributed by atoms with Gasteiger partial charge < -0.3 is 5.32 Å². The van der Waals surface area contributed by atoms with Crippen molar-refractivity contribution in [1.29, 1.82) is 0 Å². The first-order chi connectivity index (χ1) is 8.62. The standard InChI is InChI=1S/C13H23N3O2/c1-4-7-15-8-9-16(13(15)18)10-12(17)14-11(5-2)6-3/h8-9,11H,4-7,10H2,1-3H3,(H,14,17). The summed E-state index contributed by atoms with van der Waals surface area (Å²) in [5.41, 5.74) is -0.114. The van der Waals surface area contributed by atoms with E-state index in [9.17, 15) is 9.59 Å². The van der Waals surface area contributed by atoms with E-state index in [0.717, 1.165) is 19.3 Å². The largest absolute Gasteiger partial charge is 0.352 e. The fourth-order valence-electron chi connectivity index (χ4n) is 1.91. The summed E-state index contributed by atoms with van der Waals surface area (Å²) >= 11 is 0. The maximum Gasteiger partial charge on any atom is 0.328 e. The molecular weight excluding hydrogens is 230 g/mol. The molecule has 1 rings (SSSR count). The van der Waals surface area contributed by atoms with Gasteiger partial charge in [0, 0.05) is 25.0 Å². The van der Waals surface area contributed by atoms with Gasteiger partial charge in [-0.1, -0.05) is 20.8 Å². The number of aromatic nitrogens is 2. The first-order valence-electron chi connectivity index (χ1n) is 6.67. The maximum atomic E-state index is 11.9. The summed E-state index contributed by atoms with van der Waals surface area (Å²) < 4.78 is 3.08. The van der Waals surface area contributed by atoms with Gasteiger partial charge in [-0.2, -0.15) is 0 Å². The molecule has 1 aromatic heterocycles. The number of hydrogen-bond donors (Lipinski definition) is 1. The molecule has 0 unspecified atom stereocenters. The van der Waals surface area contributed by atoms with Crippen LogP contribution in [0.5, 0.6) is 0 Å². The summed E-state index contributed by atoms with van der Waals surface area (Å²) in [5, 5.41) is 2.93. The van der Waals surface area contributed by atoms with E-state index in [1.165, 1.54) is 4.57 Å². The molecule has 0 saturated carbocycles. The number of carbonyl (C=O) groups is 1. The van der Waals surface area contributed by atoms with Crippen molar-refractivity contribution in [3.05, 3.63) is 22.9 Å². The molecule has 0 aliphatic heterocycles. The molecule has 0 atom stereocenters. The smallest absolute Gasteiger partial charge is 0.328 e. The van der Waals surface area contributed by atoms with E-state index in [1.54, 1.807) is 17.0 Å². The average Bonchev–Trinajstić information content (AvgIpc) is 2.69. The Balaban J connectivity index is 2.62. The Kier molecular flexibility index (Phi) is 5.68. The van der Waals surface area contributed by atoms with Crippen molar-refractivity contribution in [2.75, 3.05) is 0 Å². The molecule has 0 fully saturated rings. The number of hydrogen-bond acceptors (Lipinski definition) is 2. The molecule has 1 N–H and O–H groups in total. The lowest BCUT2D eigenvalue weighted by Gasteiger charge is -2.14. The number of nitrogens with zero attached hydrogens (tertiary/aromatic N) is 2. The van der Waals surface area contributed by atoms with Crippen LogP contribution in [0.1, 0.15) is 40.0 Å². The van der Waals surface area contributed by atoms with Crippen molar-refractivity contribution in [2.24, 2.45) is 0 Å². The summed E-state index contributed by atoms with van der Waals surface area (Å²) in [6.45, 7) is 6.90. The topological polar surface area (TPSA) is 56.0 Å². The molecule has 1 amide bonds. The quantitative estimate of drug-likeness (QED) is 0.798. The monoisotopic (exact) mass is 253 g/mol. The first kappa shape index (κ1) is 14.5. The van der Waals surface area contributed by atoms with Crippen molar-refractivity contribution in [3.63, 3.8) is 0 Å². The minimum Gasteiger partial charge on any atom is -0.352 e. The minimum absolute atomic E-state index is 0.0972. The molecule has 1 heterocycles. The van der Waals surface area contributed by atoms with Crippen LogP contribution in [0.4, 0.5) is 0 Å². The average molecular weight is 253 g/mol. The highest BCUT2D eigenvalue weighted by molar-refractivity contribution is 5.76. The van der Waals surface area contributed by atoms with Crippen LogP contribution < -0.4 is 11.0 Å². The summed E-state index contributed by atoms with van der Waals surface area (Å²) in [6.07, 6.45) is 6.13. The second kappa shape index (κ2) is 7.03. The van der Waals surface area contributed by atoms with Crippen LogP contribution in [-0.2, 0) is 17.9 Å². The summed E-state index contributed by atoms with van der Waals surface area (Å²) in [4.78, 5) is 23.6. The zero-order valence-electron chi connectivity index (χ0n) is 11.5. The lowest BCUT2D eigenvalue weighted by atomic mass is 10.2. The number of carbonyl (C=O) groups excluding carboxylic acids is 1. The highest BCUT2D eigenvalue weighted by Crippen LogP contribution is 1.96. The molecule has 1 aromatic rings. The molecule has 18 heavy (non-hydrogen) atoms. The first-order valence-corrected chi connectivity index (χ1v) is 6.67. The lowest BCUT2D eigenvalue weighted by molar-refractivity contribution is -0.122. The van der Waals surface area contributed by atoms with Gasteiger partial charge >= 0.3 is 5.69 Å². The van der Waals surface area contributed by atoms with Crippen LogP contribution in [0.25, 0.3) is 0 Å². The van der Waals surface area contributed by atoms with E-state index in [0.29, 0.717) is 6.54 Å². The molecule has 5 nitrogen and oxygen atoms in total. The van der Waals surface area contributed by atoms with Crippen LogP contribution in [0.3, 0.4) is 0 Å². The number of amides is 1. The highest BCUT2D eigenvalue weighted by Gasteiger charge is 2.10. The van der Waals surface area contributed by atoms with Gasteiger partial charge in [-0.15, -0.1) is 0 Å². The molecule has 5 heteroatoms. The SMILES string of the molecule is CCCn1ccn(CC(=O)NC(CC)CC)c1=O. The zero-order chi connectivity index (χ0) is 13.5. The summed E-state index contributed by atoms with van der Waals surface area (Å²) in [5.74, 6) is -0.0972. The number of aryl methyl sites for hydroxylation is 1. The fourth-order valence-corrected chi connectivity index (χ4v) is 1.91. The van der Waals surface area contributed by atoms with E-state index < -0.39 is 0 Å². The highest BCUT2D eigenvalue weighted by atomic mass is 16.2. The number of imidazole rings is 1. The summed E-state index contributed by atoms with van der Waals surface area (Å²) in [7, 11) is 0. The van der Waals surface area contributed by atoms with Crippen molar-refractivity contribution < 1.29 is 4.79 Å². The van der Waals surface area contributed by atoms with E-state index in [-0.39, 0.29) is 24.2 Å². The Bertz CT molecular complexity index is 430. The Morgan fingerprint density at radius 1 is 1.22 bits per heavy atom. The normalized spacial score (nSPS) is 10.9. The molecule has 0 aliphatic carbocycles. The maximum absolute atomic E-state index is 11.9. The minimum atomic E-state index is -0.114. The van der Waals surface area contributed by atoms with Crippen molar-refractivity contribution in [3.8, 4) is 0 Å². The van der Waals surface area contributed by atoms with Crippen LogP contribution in [-0.4, -0.2) is 21.1 Å². The molecule has 102 valence electrons. The Hall–Kier alpha value is -1.52. The third kappa shape index (κ3) is 3.75. The molecule has 0 aliphatic rings. The zero-order valence-corrected chi connectivity index (χ0v) is 11.5. The van der Waals surface area contributed by atoms with Crippen LogP contribution in [0.15, 0.2) is 17.2 Å². The molecular formula is C13H23N3O2. The van der Waals surface area contributed by atoms with Gasteiger partial charge in [0.2, 0.25) is 5.91 Å². The predicted octanol–water partition coefficient (Wildman–Crippen LogP) is 1.36. The molecule has 0 aromatic carbocycles. The van der Waals surface area contributed by atoms with Gasteiger partial charge in [0.15, 0.2) is 0 Å². The third-order valence-electron chi connectivity index (χ3n) is 3.05. The van der Waals surface area contributed by atoms with Gasteiger partial charge in [-0.3, -0.25) is 13.9 Å². The van der Waals surface area contributed by atoms with Crippen LogP contribution >= 0.6 is 0 Å². The molecule has 0 spiro atoms. The second-order valence-corrected chi connectivity index (χ2v) is 4.48. The van der Waals surface area contributed by atoms with E-state index >= 15 is 0 Å². The Morgan fingerprint density at radius 3 is 2.39 bits per heavy atom. The summed E-state index contributed by atoms with van der Waals surface area (Å²) in [6, 6.07) is 0.200. The number of rotatable bonds is 7. The van der Waals surface area contributed by atoms with Gasteiger partial charge in [-0.25, -0.2) is 4.79 Å². The molecule has 0 saturated heterocycles. The van der Waals surface area contributed by atoms with Crippen molar-refractivity contribution in [2.45, 2.75) is 59.2 Å². The molecule has 0 bridgehead atoms. The van der Waals surface area contributed by atoms with Crippen molar-refractivity contribution >= 4 is 5.91 Å². The van der Waals surface area contributed by atoms with Crippen LogP contribution in [0.2, 0.25) is 0 Å². The molecule has 0 radical (unpaired) electrons. The van der Waals surface area contributed by atoms with Crippen molar-refractivity contribution in [1.82, 2.24) is 14.5 Å². The lowest BCUT2D eigenvalue weighted by Crippen LogP contribution is -2.38. The Morgan fingerprint density at radius 2 is 1.83 bits per heavy atom. The Labute approximate surface area is 108 Å². The van der Waals surface area contributed by atoms with Crippen LogP contribution in [0, 0.1) is 0 Å². The van der Waals surface area contributed by atoms with Gasteiger partial charge in [0.1, 0.15) is 6.54 Å². The predicted molar refractivity (Wildman–Crippen MR) is 71.5 cm³/mol. The van der Waals surface area contributed by atoms with E-state index in [2.05, 4.69) is 5.32 Å². The second-order valence-electron chi connectivity index (χ2n) is 4.48. The fraction of sp³-hybridized carbons (Fsp3) is 0.692. The third-order valence-corrected chi connectivity index (χ3v) is 3.05.